The summed E-state index contributed by atoms with van der Waals surface area (Å²) in [6, 6.07) is 8.79. The minimum absolute atomic E-state index is 0.315. The molecule has 0 aromatic heterocycles. The van der Waals surface area contributed by atoms with Gasteiger partial charge in [0.1, 0.15) is 0 Å². The molecule has 4 nitrogen and oxygen atoms in total. The average Bonchev–Trinajstić information content (AvgIpc) is 2.52. The normalized spacial score (nSPS) is 16.0. The molecule has 1 heterocycles. The number of unbranched alkanes of at least 4 members (excludes halogenated alkanes) is 3. The molecule has 0 amide bonds. The molecule has 1 N–H and O–H groups in total. The average molecular weight is 304 g/mol. The largest absolute Gasteiger partial charge is 0.481 e. The number of carboxylic acid groups (broad SMARTS) is 1. The van der Waals surface area contributed by atoms with Crippen molar-refractivity contribution in [2.75, 3.05) is 37.6 Å². The van der Waals surface area contributed by atoms with Gasteiger partial charge in [-0.25, -0.2) is 0 Å². The minimum Gasteiger partial charge on any atom is -0.481 e. The second kappa shape index (κ2) is 8.79. The van der Waals surface area contributed by atoms with E-state index in [9.17, 15) is 4.79 Å². The van der Waals surface area contributed by atoms with Crippen LogP contribution in [0, 0.1) is 6.92 Å². The predicted octanol–water partition coefficient (Wildman–Crippen LogP) is 3.15. The van der Waals surface area contributed by atoms with E-state index in [-0.39, 0.29) is 0 Å². The molecule has 1 saturated heterocycles. The zero-order chi connectivity index (χ0) is 15.8. The highest BCUT2D eigenvalue weighted by molar-refractivity contribution is 5.66. The van der Waals surface area contributed by atoms with Crippen molar-refractivity contribution < 1.29 is 9.90 Å². The molecule has 1 fully saturated rings. The molecule has 1 aliphatic heterocycles. The molecule has 0 radical (unpaired) electrons. The summed E-state index contributed by atoms with van der Waals surface area (Å²) in [6.07, 6.45) is 4.50. The first-order valence-corrected chi connectivity index (χ1v) is 8.41. The fraction of sp³-hybridized carbons (Fsp3) is 0.611. The van der Waals surface area contributed by atoms with E-state index in [0.717, 1.165) is 52.0 Å². The summed E-state index contributed by atoms with van der Waals surface area (Å²) in [7, 11) is 0. The van der Waals surface area contributed by atoms with Crippen LogP contribution < -0.4 is 4.90 Å². The zero-order valence-electron chi connectivity index (χ0n) is 13.6. The van der Waals surface area contributed by atoms with Crippen molar-refractivity contribution >= 4 is 11.7 Å². The van der Waals surface area contributed by atoms with Gasteiger partial charge in [0.2, 0.25) is 0 Å². The Morgan fingerprint density at radius 3 is 2.27 bits per heavy atom. The van der Waals surface area contributed by atoms with Crippen LogP contribution in [0.25, 0.3) is 0 Å². The van der Waals surface area contributed by atoms with Gasteiger partial charge in [0, 0.05) is 38.3 Å². The highest BCUT2D eigenvalue weighted by atomic mass is 16.4. The first-order valence-electron chi connectivity index (χ1n) is 8.41. The number of rotatable bonds is 8. The van der Waals surface area contributed by atoms with Crippen molar-refractivity contribution in [3.05, 3.63) is 29.8 Å². The Hall–Kier alpha value is -1.55. The van der Waals surface area contributed by atoms with Crippen molar-refractivity contribution in [3.8, 4) is 0 Å². The SMILES string of the molecule is Cc1ccc(N2CCN(CCCCCCC(=O)O)CC2)cc1. The highest BCUT2D eigenvalue weighted by Gasteiger charge is 2.16. The molecule has 2 rings (SSSR count). The fourth-order valence-electron chi connectivity index (χ4n) is 2.95. The van der Waals surface area contributed by atoms with Crippen LogP contribution in [0.15, 0.2) is 24.3 Å². The number of benzene rings is 1. The first-order chi connectivity index (χ1) is 10.6. The van der Waals surface area contributed by atoms with E-state index >= 15 is 0 Å². The van der Waals surface area contributed by atoms with Gasteiger partial charge < -0.3 is 10.0 Å². The van der Waals surface area contributed by atoms with Gasteiger partial charge in [-0.2, -0.15) is 0 Å². The second-order valence-corrected chi connectivity index (χ2v) is 6.22. The maximum Gasteiger partial charge on any atom is 0.303 e. The number of carbonyl (C=O) groups is 1. The van der Waals surface area contributed by atoms with E-state index < -0.39 is 5.97 Å². The van der Waals surface area contributed by atoms with E-state index in [1.165, 1.54) is 17.7 Å². The van der Waals surface area contributed by atoms with Crippen molar-refractivity contribution in [3.63, 3.8) is 0 Å². The Kier molecular flexibility index (Phi) is 6.72. The molecular formula is C18H28N2O2. The van der Waals surface area contributed by atoms with E-state index in [1.54, 1.807) is 0 Å². The number of aliphatic carboxylic acids is 1. The Bertz CT molecular complexity index is 451. The van der Waals surface area contributed by atoms with Crippen molar-refractivity contribution in [2.45, 2.75) is 39.0 Å². The van der Waals surface area contributed by atoms with E-state index in [0.29, 0.717) is 6.42 Å². The van der Waals surface area contributed by atoms with Gasteiger partial charge in [0.25, 0.3) is 0 Å². The monoisotopic (exact) mass is 304 g/mol. The maximum absolute atomic E-state index is 10.4. The van der Waals surface area contributed by atoms with Gasteiger partial charge in [-0.1, -0.05) is 30.5 Å². The highest BCUT2D eigenvalue weighted by Crippen LogP contribution is 2.17. The number of piperazine rings is 1. The smallest absolute Gasteiger partial charge is 0.303 e. The number of hydrogen-bond donors (Lipinski definition) is 1. The van der Waals surface area contributed by atoms with Gasteiger partial charge in [-0.05, 0) is 38.4 Å². The van der Waals surface area contributed by atoms with Crippen LogP contribution in [0.1, 0.15) is 37.7 Å². The Morgan fingerprint density at radius 2 is 1.64 bits per heavy atom. The van der Waals surface area contributed by atoms with Crippen molar-refractivity contribution in [2.24, 2.45) is 0 Å². The van der Waals surface area contributed by atoms with Gasteiger partial charge in [0.05, 0.1) is 0 Å². The van der Waals surface area contributed by atoms with Crippen molar-refractivity contribution in [1.82, 2.24) is 4.90 Å². The summed E-state index contributed by atoms with van der Waals surface area (Å²) in [5, 5.41) is 8.59. The van der Waals surface area contributed by atoms with Crippen LogP contribution in [0.2, 0.25) is 0 Å². The number of aryl methyl sites for hydroxylation is 1. The quantitative estimate of drug-likeness (QED) is 0.749. The topological polar surface area (TPSA) is 43.8 Å². The molecule has 0 spiro atoms. The number of carboxylic acids is 1. The van der Waals surface area contributed by atoms with E-state index in [4.69, 9.17) is 5.11 Å². The molecule has 0 aliphatic carbocycles. The molecule has 1 aliphatic rings. The summed E-state index contributed by atoms with van der Waals surface area (Å²) < 4.78 is 0. The molecule has 1 aromatic carbocycles. The molecule has 4 heteroatoms. The molecule has 0 bridgehead atoms. The number of anilines is 1. The van der Waals surface area contributed by atoms with Gasteiger partial charge in [-0.3, -0.25) is 9.69 Å². The number of nitrogens with zero attached hydrogens (tertiary/aromatic N) is 2. The zero-order valence-corrected chi connectivity index (χ0v) is 13.6. The van der Waals surface area contributed by atoms with Crippen LogP contribution in [0.5, 0.6) is 0 Å². The lowest BCUT2D eigenvalue weighted by atomic mass is 10.1. The Morgan fingerprint density at radius 1 is 1.00 bits per heavy atom. The van der Waals surface area contributed by atoms with Crippen LogP contribution in [-0.2, 0) is 4.79 Å². The van der Waals surface area contributed by atoms with Crippen LogP contribution in [-0.4, -0.2) is 48.7 Å². The molecule has 1 aromatic rings. The second-order valence-electron chi connectivity index (χ2n) is 6.22. The summed E-state index contributed by atoms with van der Waals surface area (Å²) >= 11 is 0. The van der Waals surface area contributed by atoms with Crippen LogP contribution in [0.4, 0.5) is 5.69 Å². The van der Waals surface area contributed by atoms with Gasteiger partial charge in [-0.15, -0.1) is 0 Å². The third-order valence-corrected chi connectivity index (χ3v) is 4.39. The lowest BCUT2D eigenvalue weighted by molar-refractivity contribution is -0.137. The molecule has 22 heavy (non-hydrogen) atoms. The third-order valence-electron chi connectivity index (χ3n) is 4.39. The summed E-state index contributed by atoms with van der Waals surface area (Å²) in [5.74, 6) is -0.674. The lowest BCUT2D eigenvalue weighted by Gasteiger charge is -2.36. The van der Waals surface area contributed by atoms with Crippen molar-refractivity contribution in [1.29, 1.82) is 0 Å². The molecule has 0 saturated carbocycles. The van der Waals surface area contributed by atoms with E-state index in [1.807, 2.05) is 0 Å². The first kappa shape index (κ1) is 16.8. The Labute approximate surface area is 133 Å². The molecule has 122 valence electrons. The van der Waals surface area contributed by atoms with Gasteiger partial charge >= 0.3 is 5.97 Å². The third kappa shape index (κ3) is 5.68. The fourth-order valence-corrected chi connectivity index (χ4v) is 2.95. The standard InChI is InChI=1S/C18H28N2O2/c1-16-7-9-17(10-8-16)20-14-12-19(13-15-20)11-5-3-2-4-6-18(21)22/h7-10H,2-6,11-15H2,1H3,(H,21,22). The molecule has 0 atom stereocenters. The molecular weight excluding hydrogens is 276 g/mol. The van der Waals surface area contributed by atoms with Gasteiger partial charge in [0.15, 0.2) is 0 Å². The van der Waals surface area contributed by atoms with Crippen LogP contribution in [0.3, 0.4) is 0 Å². The lowest BCUT2D eigenvalue weighted by Crippen LogP contribution is -2.46. The summed E-state index contributed by atoms with van der Waals surface area (Å²) in [5.41, 5.74) is 2.64. The Balaban J connectivity index is 1.59. The van der Waals surface area contributed by atoms with Crippen LogP contribution >= 0.6 is 0 Å². The predicted molar refractivity (Wildman–Crippen MR) is 90.6 cm³/mol. The summed E-state index contributed by atoms with van der Waals surface area (Å²) in [6.45, 7) is 7.73. The maximum atomic E-state index is 10.4. The number of hydrogen-bond acceptors (Lipinski definition) is 3. The summed E-state index contributed by atoms with van der Waals surface area (Å²) in [4.78, 5) is 15.4. The minimum atomic E-state index is -0.674. The molecule has 0 unspecified atom stereocenters. The van der Waals surface area contributed by atoms with E-state index in [2.05, 4.69) is 41.0 Å².